The van der Waals surface area contributed by atoms with Gasteiger partial charge in [-0.15, -0.1) is 0 Å². The number of aliphatic hydroxyl groups is 1. The van der Waals surface area contributed by atoms with Crippen LogP contribution in [0.5, 0.6) is 0 Å². The zero-order valence-corrected chi connectivity index (χ0v) is 12.5. The van der Waals surface area contributed by atoms with Gasteiger partial charge in [0.2, 0.25) is 0 Å². The molecule has 112 valence electrons. The Morgan fingerprint density at radius 1 is 1.29 bits per heavy atom. The summed E-state index contributed by atoms with van der Waals surface area (Å²) in [5.74, 6) is 5.53. The zero-order chi connectivity index (χ0) is 15.1. The number of rotatable bonds is 1. The minimum Gasteiger partial charge on any atom is -0.384 e. The van der Waals surface area contributed by atoms with E-state index in [4.69, 9.17) is 5.11 Å². The molecule has 1 aliphatic rings. The summed E-state index contributed by atoms with van der Waals surface area (Å²) in [6.45, 7) is 3.48. The average Bonchev–Trinajstić information content (AvgIpc) is 2.75. The van der Waals surface area contributed by atoms with E-state index in [-0.39, 0.29) is 12.6 Å². The van der Waals surface area contributed by atoms with Crippen LogP contribution in [-0.2, 0) is 0 Å². The molecule has 2 N–H and O–H groups in total. The van der Waals surface area contributed by atoms with E-state index < -0.39 is 0 Å². The molecule has 2 amide bonds. The second-order valence-electron chi connectivity index (χ2n) is 5.32. The minimum absolute atomic E-state index is 0.0227. The summed E-state index contributed by atoms with van der Waals surface area (Å²) in [6.07, 6.45) is 4.59. The van der Waals surface area contributed by atoms with Crippen molar-refractivity contribution in [1.29, 1.82) is 0 Å². The van der Waals surface area contributed by atoms with Gasteiger partial charge in [-0.2, -0.15) is 0 Å². The van der Waals surface area contributed by atoms with E-state index in [1.807, 2.05) is 30.0 Å². The van der Waals surface area contributed by atoms with Crippen LogP contribution in [0, 0.1) is 18.8 Å². The Balaban J connectivity index is 2.02. The van der Waals surface area contributed by atoms with Crippen molar-refractivity contribution in [2.45, 2.75) is 32.6 Å². The number of hydrogen-bond donors (Lipinski definition) is 2. The molecule has 4 nitrogen and oxygen atoms in total. The van der Waals surface area contributed by atoms with Gasteiger partial charge in [0.1, 0.15) is 6.61 Å². The first-order chi connectivity index (χ1) is 10.2. The van der Waals surface area contributed by atoms with Crippen LogP contribution < -0.4 is 5.32 Å². The van der Waals surface area contributed by atoms with Gasteiger partial charge in [0.05, 0.1) is 0 Å². The highest BCUT2D eigenvalue weighted by atomic mass is 16.2. The number of aliphatic hydroxyl groups excluding tert-OH is 1. The largest absolute Gasteiger partial charge is 0.384 e. The molecule has 0 aliphatic carbocycles. The number of carbonyl (C=O) groups excluding carboxylic acids is 1. The van der Waals surface area contributed by atoms with Crippen LogP contribution in [-0.4, -0.2) is 35.7 Å². The Labute approximate surface area is 126 Å². The van der Waals surface area contributed by atoms with Gasteiger partial charge in [-0.1, -0.05) is 24.7 Å². The lowest BCUT2D eigenvalue weighted by atomic mass is 10.1. The molecule has 1 aromatic rings. The Bertz CT molecular complexity index is 550. The maximum absolute atomic E-state index is 12.2. The first-order valence-electron chi connectivity index (χ1n) is 7.47. The Morgan fingerprint density at radius 3 is 2.62 bits per heavy atom. The summed E-state index contributed by atoms with van der Waals surface area (Å²) in [4.78, 5) is 14.1. The molecule has 0 radical (unpaired) electrons. The summed E-state index contributed by atoms with van der Waals surface area (Å²) in [5, 5.41) is 11.7. The Hall–Kier alpha value is -1.99. The predicted molar refractivity (Wildman–Crippen MR) is 84.2 cm³/mol. The highest BCUT2D eigenvalue weighted by Crippen LogP contribution is 2.16. The number of carbonyl (C=O) groups is 1. The van der Waals surface area contributed by atoms with Crippen molar-refractivity contribution in [3.05, 3.63) is 29.3 Å². The van der Waals surface area contributed by atoms with Crippen LogP contribution in [0.3, 0.4) is 0 Å². The van der Waals surface area contributed by atoms with Gasteiger partial charge in [0, 0.05) is 24.3 Å². The summed E-state index contributed by atoms with van der Waals surface area (Å²) in [7, 11) is 0. The van der Waals surface area contributed by atoms with Crippen LogP contribution in [0.2, 0.25) is 0 Å². The van der Waals surface area contributed by atoms with Crippen LogP contribution >= 0.6 is 0 Å². The Kier molecular flexibility index (Phi) is 5.65. The van der Waals surface area contributed by atoms with E-state index in [1.54, 1.807) is 0 Å². The van der Waals surface area contributed by atoms with E-state index in [9.17, 15) is 4.79 Å². The molecule has 4 heteroatoms. The van der Waals surface area contributed by atoms with Gasteiger partial charge in [0.25, 0.3) is 0 Å². The normalized spacial score (nSPS) is 14.9. The molecule has 1 heterocycles. The first-order valence-corrected chi connectivity index (χ1v) is 7.47. The second-order valence-corrected chi connectivity index (χ2v) is 5.32. The van der Waals surface area contributed by atoms with Crippen molar-refractivity contribution in [2.24, 2.45) is 0 Å². The molecule has 0 saturated carbocycles. The van der Waals surface area contributed by atoms with Crippen LogP contribution in [0.15, 0.2) is 18.2 Å². The molecule has 1 saturated heterocycles. The van der Waals surface area contributed by atoms with Crippen molar-refractivity contribution in [3.8, 4) is 11.8 Å². The van der Waals surface area contributed by atoms with Crippen molar-refractivity contribution >= 4 is 11.7 Å². The first kappa shape index (κ1) is 15.4. The third-order valence-electron chi connectivity index (χ3n) is 3.67. The number of urea groups is 1. The fraction of sp³-hybridized carbons (Fsp3) is 0.471. The third kappa shape index (κ3) is 4.51. The molecular formula is C17H22N2O2. The lowest BCUT2D eigenvalue weighted by Crippen LogP contribution is -2.35. The number of nitrogens with one attached hydrogen (secondary N) is 1. The molecule has 0 atom stereocenters. The summed E-state index contributed by atoms with van der Waals surface area (Å²) < 4.78 is 0. The van der Waals surface area contributed by atoms with Gasteiger partial charge < -0.3 is 15.3 Å². The fourth-order valence-corrected chi connectivity index (χ4v) is 2.49. The smallest absolute Gasteiger partial charge is 0.321 e. The molecule has 1 aromatic carbocycles. The molecule has 0 unspecified atom stereocenters. The van der Waals surface area contributed by atoms with Crippen molar-refractivity contribution in [3.63, 3.8) is 0 Å². The maximum atomic E-state index is 12.2. The summed E-state index contributed by atoms with van der Waals surface area (Å²) >= 11 is 0. The topological polar surface area (TPSA) is 52.6 Å². The lowest BCUT2D eigenvalue weighted by molar-refractivity contribution is 0.214. The SMILES string of the molecule is Cc1cc(NC(=O)N2CCCCCC2)ccc1C#CCO. The average molecular weight is 286 g/mol. The second kappa shape index (κ2) is 7.70. The number of nitrogens with zero attached hydrogens (tertiary/aromatic N) is 1. The quantitative estimate of drug-likeness (QED) is 0.780. The van der Waals surface area contributed by atoms with E-state index >= 15 is 0 Å². The van der Waals surface area contributed by atoms with Crippen LogP contribution in [0.1, 0.15) is 36.8 Å². The van der Waals surface area contributed by atoms with Crippen molar-refractivity contribution in [1.82, 2.24) is 4.90 Å². The van der Waals surface area contributed by atoms with Gasteiger partial charge in [-0.25, -0.2) is 4.79 Å². The summed E-state index contributed by atoms with van der Waals surface area (Å²) in [6, 6.07) is 5.61. The highest BCUT2D eigenvalue weighted by Gasteiger charge is 2.15. The molecule has 0 aromatic heterocycles. The van der Waals surface area contributed by atoms with E-state index in [0.717, 1.165) is 42.7 Å². The molecular weight excluding hydrogens is 264 g/mol. The van der Waals surface area contributed by atoms with Crippen LogP contribution in [0.4, 0.5) is 10.5 Å². The van der Waals surface area contributed by atoms with E-state index in [2.05, 4.69) is 17.2 Å². The molecule has 1 fully saturated rings. The lowest BCUT2D eigenvalue weighted by Gasteiger charge is -2.21. The molecule has 0 spiro atoms. The number of benzene rings is 1. The molecule has 1 aliphatic heterocycles. The van der Waals surface area contributed by atoms with Crippen molar-refractivity contribution < 1.29 is 9.90 Å². The number of aryl methyl sites for hydroxylation is 1. The van der Waals surface area contributed by atoms with Gasteiger partial charge in [0.15, 0.2) is 0 Å². The zero-order valence-electron chi connectivity index (χ0n) is 12.5. The highest BCUT2D eigenvalue weighted by molar-refractivity contribution is 5.89. The van der Waals surface area contributed by atoms with Crippen LogP contribution in [0.25, 0.3) is 0 Å². The molecule has 0 bridgehead atoms. The minimum atomic E-state index is -0.146. The maximum Gasteiger partial charge on any atom is 0.321 e. The van der Waals surface area contributed by atoms with Gasteiger partial charge >= 0.3 is 6.03 Å². The Morgan fingerprint density at radius 2 is 2.00 bits per heavy atom. The number of anilines is 1. The van der Waals surface area contributed by atoms with Gasteiger partial charge in [-0.05, 0) is 43.5 Å². The molecule has 21 heavy (non-hydrogen) atoms. The van der Waals surface area contributed by atoms with Gasteiger partial charge in [-0.3, -0.25) is 0 Å². The number of hydrogen-bond acceptors (Lipinski definition) is 2. The van der Waals surface area contributed by atoms with Crippen molar-refractivity contribution in [2.75, 3.05) is 25.0 Å². The summed E-state index contributed by atoms with van der Waals surface area (Å²) in [5.41, 5.74) is 2.65. The standard InChI is InChI=1S/C17H22N2O2/c1-14-13-16(9-8-15(14)7-6-12-20)18-17(21)19-10-4-2-3-5-11-19/h8-9,13,20H,2-5,10-12H2,1H3,(H,18,21). The molecule has 2 rings (SSSR count). The third-order valence-corrected chi connectivity index (χ3v) is 3.67. The monoisotopic (exact) mass is 286 g/mol. The van der Waals surface area contributed by atoms with E-state index in [0.29, 0.717) is 0 Å². The number of likely N-dealkylation sites (tertiary alicyclic amines) is 1. The number of amides is 2. The fourth-order valence-electron chi connectivity index (χ4n) is 2.49. The predicted octanol–water partition coefficient (Wildman–Crippen LogP) is 2.75. The van der Waals surface area contributed by atoms with E-state index in [1.165, 1.54) is 12.8 Å².